The summed E-state index contributed by atoms with van der Waals surface area (Å²) < 4.78 is 10.3. The van der Waals surface area contributed by atoms with Crippen LogP contribution in [-0.4, -0.2) is 45.0 Å². The van der Waals surface area contributed by atoms with Crippen LogP contribution >= 0.6 is 0 Å². The van der Waals surface area contributed by atoms with Gasteiger partial charge in [0.1, 0.15) is 11.8 Å². The van der Waals surface area contributed by atoms with Gasteiger partial charge in [-0.3, -0.25) is 9.59 Å². The molecule has 7 heteroatoms. The third-order valence-corrected chi connectivity index (χ3v) is 5.44. The first-order valence-electron chi connectivity index (χ1n) is 10.2. The molecule has 160 valence electrons. The van der Waals surface area contributed by atoms with E-state index in [0.717, 1.165) is 42.6 Å². The number of fused-ring (bicyclic) bond motifs is 2. The van der Waals surface area contributed by atoms with Crippen LogP contribution in [0.5, 0.6) is 5.75 Å². The number of esters is 1. The molecule has 0 aromatic heterocycles. The topological polar surface area (TPSA) is 93.7 Å². The van der Waals surface area contributed by atoms with Crippen molar-refractivity contribution in [1.82, 2.24) is 10.6 Å². The van der Waals surface area contributed by atoms with Crippen LogP contribution in [0.1, 0.15) is 56.2 Å². The molecule has 0 radical (unpaired) electrons. The van der Waals surface area contributed by atoms with E-state index in [9.17, 15) is 14.4 Å². The average Bonchev–Trinajstić information content (AvgIpc) is 2.72. The number of ketones is 1. The maximum atomic E-state index is 12.9. The zero-order valence-electron chi connectivity index (χ0n) is 17.7. The lowest BCUT2D eigenvalue weighted by molar-refractivity contribution is -0.145. The molecule has 0 spiro atoms. The predicted octanol–water partition coefficient (Wildman–Crippen LogP) is 2.33. The van der Waals surface area contributed by atoms with Crippen LogP contribution < -0.4 is 15.4 Å². The molecule has 0 saturated carbocycles. The van der Waals surface area contributed by atoms with Crippen LogP contribution in [0.2, 0.25) is 0 Å². The highest BCUT2D eigenvalue weighted by Crippen LogP contribution is 2.27. The van der Waals surface area contributed by atoms with E-state index in [1.54, 1.807) is 21.1 Å². The summed E-state index contributed by atoms with van der Waals surface area (Å²) in [6.07, 6.45) is 4.00. The third kappa shape index (κ3) is 6.03. The van der Waals surface area contributed by atoms with E-state index >= 15 is 0 Å². The van der Waals surface area contributed by atoms with E-state index in [0.29, 0.717) is 6.42 Å². The molecule has 2 N–H and O–H groups in total. The van der Waals surface area contributed by atoms with Crippen molar-refractivity contribution < 1.29 is 23.9 Å². The van der Waals surface area contributed by atoms with Crippen molar-refractivity contribution >= 4 is 17.7 Å². The maximum Gasteiger partial charge on any atom is 0.328 e. The highest BCUT2D eigenvalue weighted by Gasteiger charge is 2.28. The number of methoxy groups -OCH3 is 2. The molecule has 7 nitrogen and oxygen atoms in total. The van der Waals surface area contributed by atoms with Gasteiger partial charge in [-0.1, -0.05) is 31.9 Å². The first kappa shape index (κ1) is 22.9. The number of hydrogen-bond acceptors (Lipinski definition) is 6. The molecule has 1 aliphatic heterocycles. The van der Waals surface area contributed by atoms with E-state index in [4.69, 9.17) is 9.47 Å². The van der Waals surface area contributed by atoms with Gasteiger partial charge in [0.25, 0.3) is 0 Å². The van der Waals surface area contributed by atoms with Crippen LogP contribution in [0.3, 0.4) is 0 Å². The second-order valence-corrected chi connectivity index (χ2v) is 7.55. The minimum Gasteiger partial charge on any atom is -0.496 e. The Bertz CT molecular complexity index is 734. The van der Waals surface area contributed by atoms with Gasteiger partial charge >= 0.3 is 5.97 Å². The summed E-state index contributed by atoms with van der Waals surface area (Å²) in [5, 5.41) is 5.83. The zero-order valence-corrected chi connectivity index (χ0v) is 17.7. The number of aryl methyl sites for hydroxylation is 1. The Balaban J connectivity index is 2.31. The lowest BCUT2D eigenvalue weighted by Crippen LogP contribution is -2.44. The molecular formula is C22H32N2O5. The van der Waals surface area contributed by atoms with E-state index in [1.807, 2.05) is 18.2 Å². The summed E-state index contributed by atoms with van der Waals surface area (Å²) in [6, 6.07) is 4.60. The molecule has 0 unspecified atom stereocenters. The number of benzene rings is 1. The lowest BCUT2D eigenvalue weighted by Gasteiger charge is -2.21. The second kappa shape index (κ2) is 11.0. The molecule has 2 bridgehead atoms. The van der Waals surface area contributed by atoms with Crippen LogP contribution in [0.25, 0.3) is 0 Å². The largest absolute Gasteiger partial charge is 0.496 e. The number of carbonyl (C=O) groups excluding carboxylic acids is 3. The lowest BCUT2D eigenvalue weighted by atomic mass is 9.93. The Morgan fingerprint density at radius 1 is 1.17 bits per heavy atom. The van der Waals surface area contributed by atoms with Gasteiger partial charge in [0.15, 0.2) is 5.78 Å². The first-order valence-corrected chi connectivity index (χ1v) is 10.2. The summed E-state index contributed by atoms with van der Waals surface area (Å²) in [4.78, 5) is 37.5. The molecule has 0 saturated heterocycles. The van der Waals surface area contributed by atoms with Gasteiger partial charge in [0, 0.05) is 12.3 Å². The highest BCUT2D eigenvalue weighted by atomic mass is 16.5. The maximum absolute atomic E-state index is 12.9. The second-order valence-electron chi connectivity index (χ2n) is 7.55. The summed E-state index contributed by atoms with van der Waals surface area (Å²) in [6.45, 7) is 1.70. The fraction of sp³-hybridized carbons (Fsp3) is 0.591. The molecule has 1 heterocycles. The van der Waals surface area contributed by atoms with Gasteiger partial charge in [-0.2, -0.15) is 0 Å². The van der Waals surface area contributed by atoms with Crippen molar-refractivity contribution in [2.75, 3.05) is 21.3 Å². The van der Waals surface area contributed by atoms with Crippen molar-refractivity contribution in [2.45, 2.75) is 57.5 Å². The number of likely N-dealkylation sites (N-methyl/N-ethyl adjacent to an activating group) is 1. The third-order valence-electron chi connectivity index (χ3n) is 5.44. The normalized spacial score (nSPS) is 24.1. The molecular weight excluding hydrogens is 372 g/mol. The minimum atomic E-state index is -0.689. The summed E-state index contributed by atoms with van der Waals surface area (Å²) >= 11 is 0. The van der Waals surface area contributed by atoms with Crippen LogP contribution in [0.4, 0.5) is 0 Å². The summed E-state index contributed by atoms with van der Waals surface area (Å²) in [5.41, 5.74) is 1.92. The number of amides is 1. The minimum absolute atomic E-state index is 0.0734. The van der Waals surface area contributed by atoms with Gasteiger partial charge < -0.3 is 20.1 Å². The van der Waals surface area contributed by atoms with E-state index in [1.165, 1.54) is 7.11 Å². The van der Waals surface area contributed by atoms with Gasteiger partial charge in [-0.05, 0) is 43.5 Å². The monoisotopic (exact) mass is 404 g/mol. The number of rotatable bonds is 3. The molecule has 1 aromatic carbocycles. The molecule has 2 rings (SSSR count). The van der Waals surface area contributed by atoms with Crippen molar-refractivity contribution in [2.24, 2.45) is 5.92 Å². The fourth-order valence-corrected chi connectivity index (χ4v) is 3.75. The Kier molecular flexibility index (Phi) is 8.64. The molecule has 0 aliphatic carbocycles. The number of ether oxygens (including phenoxy) is 2. The summed E-state index contributed by atoms with van der Waals surface area (Å²) in [7, 11) is 4.69. The quantitative estimate of drug-likeness (QED) is 0.751. The van der Waals surface area contributed by atoms with E-state index < -0.39 is 24.0 Å². The number of carbonyl (C=O) groups is 3. The Morgan fingerprint density at radius 2 is 1.93 bits per heavy atom. The standard InChI is InChI=1S/C22H32N2O5/c1-14-12-18(25)20(23-2)16-10-11-19(28-3)15(13-16)8-6-5-7-9-17(22(27)29-4)24-21(14)26/h10-11,13-14,17,20,23H,5-9,12H2,1-4H3,(H,24,26)/t14-,17+,20+/m1/s1. The van der Waals surface area contributed by atoms with Crippen molar-refractivity contribution in [1.29, 1.82) is 0 Å². The van der Waals surface area contributed by atoms with Crippen molar-refractivity contribution in [3.63, 3.8) is 0 Å². The Hall–Kier alpha value is -2.41. The van der Waals surface area contributed by atoms with Gasteiger partial charge in [-0.15, -0.1) is 0 Å². The number of hydrogen-bond donors (Lipinski definition) is 2. The predicted molar refractivity (Wildman–Crippen MR) is 110 cm³/mol. The molecule has 1 aromatic rings. The van der Waals surface area contributed by atoms with Crippen LogP contribution in [0.15, 0.2) is 18.2 Å². The average molecular weight is 405 g/mol. The number of nitrogens with one attached hydrogen (secondary N) is 2. The summed E-state index contributed by atoms with van der Waals surface area (Å²) in [5.74, 6) is -0.585. The molecule has 1 aliphatic rings. The highest BCUT2D eigenvalue weighted by molar-refractivity contribution is 5.91. The van der Waals surface area contributed by atoms with Crippen molar-refractivity contribution in [3.05, 3.63) is 29.3 Å². The zero-order chi connectivity index (χ0) is 21.4. The SMILES string of the molecule is CN[C@@H]1C(=O)C[C@@H](C)C(=O)N[C@H](C(=O)OC)CCCCCc2cc1ccc2OC. The molecule has 0 fully saturated rings. The fourth-order valence-electron chi connectivity index (χ4n) is 3.75. The Labute approximate surface area is 172 Å². The molecule has 29 heavy (non-hydrogen) atoms. The molecule has 3 atom stereocenters. The smallest absolute Gasteiger partial charge is 0.328 e. The van der Waals surface area contributed by atoms with Gasteiger partial charge in [-0.25, -0.2) is 4.79 Å². The number of Topliss-reactive ketones (excluding diaryl/α,β-unsaturated/α-hetero) is 1. The van der Waals surface area contributed by atoms with Crippen LogP contribution in [0, 0.1) is 5.92 Å². The van der Waals surface area contributed by atoms with Crippen molar-refractivity contribution in [3.8, 4) is 5.75 Å². The van der Waals surface area contributed by atoms with Gasteiger partial charge in [0.05, 0.1) is 20.3 Å². The molecule has 1 amide bonds. The van der Waals surface area contributed by atoms with Crippen LogP contribution in [-0.2, 0) is 25.5 Å². The van der Waals surface area contributed by atoms with E-state index in [-0.39, 0.29) is 18.1 Å². The van der Waals surface area contributed by atoms with Gasteiger partial charge in [0.2, 0.25) is 5.91 Å². The Morgan fingerprint density at radius 3 is 2.59 bits per heavy atom. The van der Waals surface area contributed by atoms with E-state index in [2.05, 4.69) is 10.6 Å². The first-order chi connectivity index (χ1) is 13.9.